The lowest BCUT2D eigenvalue weighted by Crippen LogP contribution is -2.12. The molecule has 0 aliphatic rings. The lowest BCUT2D eigenvalue weighted by atomic mass is 9.83. The molecule has 0 fully saturated rings. The van der Waals surface area contributed by atoms with E-state index in [1.54, 1.807) is 0 Å². The standard InChI is InChI=1S/C14H17N/c1-14(2,3)11-8-4-6-10-7-5-9-12(15)13(10)11/h4-9H,15H2,1-3H3. The quantitative estimate of drug-likeness (QED) is 0.643. The van der Waals surface area contributed by atoms with Crippen LogP contribution in [0.25, 0.3) is 10.8 Å². The molecule has 15 heavy (non-hydrogen) atoms. The van der Waals surface area contributed by atoms with E-state index < -0.39 is 0 Å². The number of fused-ring (bicyclic) bond motifs is 1. The zero-order chi connectivity index (χ0) is 11.1. The highest BCUT2D eigenvalue weighted by atomic mass is 14.6. The summed E-state index contributed by atoms with van der Waals surface area (Å²) in [7, 11) is 0. The maximum atomic E-state index is 6.05. The van der Waals surface area contributed by atoms with E-state index in [1.807, 2.05) is 12.1 Å². The predicted molar refractivity (Wildman–Crippen MR) is 67.1 cm³/mol. The monoisotopic (exact) mass is 199 g/mol. The Hall–Kier alpha value is -1.50. The number of nitrogen functional groups attached to an aromatic ring is 1. The topological polar surface area (TPSA) is 26.0 Å². The lowest BCUT2D eigenvalue weighted by molar-refractivity contribution is 0.596. The number of hydrogen-bond acceptors (Lipinski definition) is 1. The van der Waals surface area contributed by atoms with Crippen LogP contribution in [0.2, 0.25) is 0 Å². The smallest absolute Gasteiger partial charge is 0.0396 e. The molecular formula is C14H17N. The zero-order valence-corrected chi connectivity index (χ0v) is 9.54. The first kappa shape index (κ1) is 10.0. The average molecular weight is 199 g/mol. The summed E-state index contributed by atoms with van der Waals surface area (Å²) in [6.45, 7) is 6.65. The van der Waals surface area contributed by atoms with Crippen LogP contribution in [0.4, 0.5) is 5.69 Å². The second-order valence-electron chi connectivity index (χ2n) is 5.00. The van der Waals surface area contributed by atoms with E-state index in [0.717, 1.165) is 5.69 Å². The molecule has 2 rings (SSSR count). The highest BCUT2D eigenvalue weighted by Crippen LogP contribution is 2.33. The summed E-state index contributed by atoms with van der Waals surface area (Å²) in [4.78, 5) is 0. The van der Waals surface area contributed by atoms with Crippen LogP contribution in [-0.2, 0) is 5.41 Å². The number of nitrogens with two attached hydrogens (primary N) is 1. The van der Waals surface area contributed by atoms with Crippen LogP contribution < -0.4 is 5.73 Å². The number of benzene rings is 2. The van der Waals surface area contributed by atoms with E-state index in [-0.39, 0.29) is 5.41 Å². The Morgan fingerprint density at radius 3 is 2.13 bits per heavy atom. The summed E-state index contributed by atoms with van der Waals surface area (Å²) in [6, 6.07) is 12.5. The summed E-state index contributed by atoms with van der Waals surface area (Å²) in [5.41, 5.74) is 8.38. The minimum absolute atomic E-state index is 0.134. The fraction of sp³-hybridized carbons (Fsp3) is 0.286. The third-order valence-electron chi connectivity index (χ3n) is 2.74. The number of hydrogen-bond donors (Lipinski definition) is 1. The van der Waals surface area contributed by atoms with Gasteiger partial charge in [0, 0.05) is 11.1 Å². The minimum Gasteiger partial charge on any atom is -0.398 e. The second-order valence-corrected chi connectivity index (χ2v) is 5.00. The normalized spacial score (nSPS) is 11.9. The van der Waals surface area contributed by atoms with Gasteiger partial charge in [0.25, 0.3) is 0 Å². The molecule has 0 bridgehead atoms. The Labute approximate surface area is 90.9 Å². The molecule has 0 saturated carbocycles. The van der Waals surface area contributed by atoms with Gasteiger partial charge in [0.1, 0.15) is 0 Å². The van der Waals surface area contributed by atoms with Crippen molar-refractivity contribution in [1.82, 2.24) is 0 Å². The molecule has 0 saturated heterocycles. The van der Waals surface area contributed by atoms with Crippen molar-refractivity contribution in [2.24, 2.45) is 0 Å². The molecule has 0 aliphatic heterocycles. The highest BCUT2D eigenvalue weighted by Gasteiger charge is 2.17. The van der Waals surface area contributed by atoms with Crippen molar-refractivity contribution in [2.75, 3.05) is 5.73 Å². The van der Waals surface area contributed by atoms with Gasteiger partial charge in [0.05, 0.1) is 0 Å². The SMILES string of the molecule is CC(C)(C)c1cccc2cccc(N)c12. The molecule has 0 spiro atoms. The van der Waals surface area contributed by atoms with Crippen molar-refractivity contribution in [3.63, 3.8) is 0 Å². The van der Waals surface area contributed by atoms with Gasteiger partial charge >= 0.3 is 0 Å². The molecule has 1 nitrogen and oxygen atoms in total. The molecule has 0 amide bonds. The molecule has 2 aromatic carbocycles. The van der Waals surface area contributed by atoms with Crippen molar-refractivity contribution in [3.05, 3.63) is 42.0 Å². The van der Waals surface area contributed by atoms with E-state index in [0.29, 0.717) is 0 Å². The van der Waals surface area contributed by atoms with Crippen LogP contribution in [0.15, 0.2) is 36.4 Å². The summed E-state index contributed by atoms with van der Waals surface area (Å²) < 4.78 is 0. The summed E-state index contributed by atoms with van der Waals surface area (Å²) >= 11 is 0. The van der Waals surface area contributed by atoms with E-state index in [2.05, 4.69) is 45.0 Å². The Kier molecular flexibility index (Phi) is 2.18. The van der Waals surface area contributed by atoms with Crippen LogP contribution in [0.5, 0.6) is 0 Å². The fourth-order valence-electron chi connectivity index (χ4n) is 2.00. The molecule has 0 atom stereocenters. The summed E-state index contributed by atoms with van der Waals surface area (Å²) in [5.74, 6) is 0. The molecule has 1 heteroatoms. The van der Waals surface area contributed by atoms with E-state index in [1.165, 1.54) is 16.3 Å². The van der Waals surface area contributed by atoms with Gasteiger partial charge < -0.3 is 5.73 Å². The maximum absolute atomic E-state index is 6.05. The van der Waals surface area contributed by atoms with Crippen molar-refractivity contribution >= 4 is 16.5 Å². The second kappa shape index (κ2) is 3.27. The molecular weight excluding hydrogens is 182 g/mol. The molecule has 0 aliphatic carbocycles. The van der Waals surface area contributed by atoms with Crippen LogP contribution >= 0.6 is 0 Å². The van der Waals surface area contributed by atoms with Crippen molar-refractivity contribution in [2.45, 2.75) is 26.2 Å². The number of rotatable bonds is 0. The third kappa shape index (κ3) is 1.70. The first-order valence-corrected chi connectivity index (χ1v) is 5.28. The average Bonchev–Trinajstić information content (AvgIpc) is 2.16. The maximum Gasteiger partial charge on any atom is 0.0396 e. The summed E-state index contributed by atoms with van der Waals surface area (Å²) in [6.07, 6.45) is 0. The molecule has 0 aromatic heterocycles. The van der Waals surface area contributed by atoms with E-state index in [4.69, 9.17) is 5.73 Å². The zero-order valence-electron chi connectivity index (χ0n) is 9.54. The van der Waals surface area contributed by atoms with Gasteiger partial charge in [-0.05, 0) is 22.4 Å². The molecule has 2 N–H and O–H groups in total. The van der Waals surface area contributed by atoms with Crippen LogP contribution in [0.1, 0.15) is 26.3 Å². The van der Waals surface area contributed by atoms with Crippen molar-refractivity contribution in [1.29, 1.82) is 0 Å². The van der Waals surface area contributed by atoms with E-state index >= 15 is 0 Å². The van der Waals surface area contributed by atoms with Gasteiger partial charge in [-0.3, -0.25) is 0 Å². The molecule has 0 radical (unpaired) electrons. The van der Waals surface area contributed by atoms with Gasteiger partial charge in [-0.25, -0.2) is 0 Å². The largest absolute Gasteiger partial charge is 0.398 e. The van der Waals surface area contributed by atoms with Crippen molar-refractivity contribution < 1.29 is 0 Å². The van der Waals surface area contributed by atoms with Gasteiger partial charge in [0.15, 0.2) is 0 Å². The fourth-order valence-corrected chi connectivity index (χ4v) is 2.00. The lowest BCUT2D eigenvalue weighted by Gasteiger charge is -2.22. The third-order valence-corrected chi connectivity index (χ3v) is 2.74. The molecule has 0 heterocycles. The van der Waals surface area contributed by atoms with Crippen molar-refractivity contribution in [3.8, 4) is 0 Å². The van der Waals surface area contributed by atoms with Gasteiger partial charge in [-0.15, -0.1) is 0 Å². The molecule has 78 valence electrons. The van der Waals surface area contributed by atoms with Gasteiger partial charge in [-0.1, -0.05) is 51.1 Å². The van der Waals surface area contributed by atoms with Gasteiger partial charge in [0.2, 0.25) is 0 Å². The Bertz CT molecular complexity index is 487. The Morgan fingerprint density at radius 1 is 0.933 bits per heavy atom. The first-order valence-electron chi connectivity index (χ1n) is 5.28. The van der Waals surface area contributed by atoms with Crippen LogP contribution in [-0.4, -0.2) is 0 Å². The first-order chi connectivity index (χ1) is 7.00. The van der Waals surface area contributed by atoms with Gasteiger partial charge in [-0.2, -0.15) is 0 Å². The molecule has 0 unspecified atom stereocenters. The highest BCUT2D eigenvalue weighted by molar-refractivity contribution is 5.96. The predicted octanol–water partition coefficient (Wildman–Crippen LogP) is 3.72. The minimum atomic E-state index is 0.134. The molecule has 2 aromatic rings. The van der Waals surface area contributed by atoms with E-state index in [9.17, 15) is 0 Å². The van der Waals surface area contributed by atoms with Crippen LogP contribution in [0.3, 0.4) is 0 Å². The Morgan fingerprint density at radius 2 is 1.53 bits per heavy atom. The number of anilines is 1. The summed E-state index contributed by atoms with van der Waals surface area (Å²) in [5, 5.41) is 2.43. The Balaban J connectivity index is 2.86. The van der Waals surface area contributed by atoms with Crippen LogP contribution in [0, 0.1) is 0 Å².